The number of thiophene rings is 1. The minimum absolute atomic E-state index is 0.241. The summed E-state index contributed by atoms with van der Waals surface area (Å²) >= 11 is 7.53. The van der Waals surface area contributed by atoms with Crippen molar-refractivity contribution in [2.75, 3.05) is 11.9 Å². The molecule has 5 nitrogen and oxygen atoms in total. The molecule has 7 heteroatoms. The lowest BCUT2D eigenvalue weighted by Crippen LogP contribution is -2.05. The lowest BCUT2D eigenvalue weighted by atomic mass is 10.2. The van der Waals surface area contributed by atoms with E-state index in [0.717, 1.165) is 44.9 Å². The van der Waals surface area contributed by atoms with Gasteiger partial charge >= 0.3 is 5.97 Å². The third-order valence-corrected chi connectivity index (χ3v) is 5.03. The zero-order chi connectivity index (χ0) is 16.0. The number of nitrogens with zero attached hydrogens (tertiary/aromatic N) is 2. The minimum atomic E-state index is -0.950. The van der Waals surface area contributed by atoms with E-state index in [1.165, 1.54) is 11.3 Å². The Bertz CT molecular complexity index is 916. The second kappa shape index (κ2) is 5.40. The fourth-order valence-corrected chi connectivity index (χ4v) is 3.83. The highest BCUT2D eigenvalue weighted by Crippen LogP contribution is 2.38. The standard InChI is InChI=1S/C16H12ClN3O2S/c17-13-5-4-12(23-13)14-11-6-7-18-15(11)20(19-14)10-3-1-2-9(8-10)16(21)22/h1-5,8,18H,6-7H2,(H,21,22). The number of rotatable bonds is 3. The van der Waals surface area contributed by atoms with Crippen LogP contribution in [-0.4, -0.2) is 27.4 Å². The van der Waals surface area contributed by atoms with E-state index >= 15 is 0 Å². The van der Waals surface area contributed by atoms with Crippen molar-refractivity contribution in [3.63, 3.8) is 0 Å². The van der Waals surface area contributed by atoms with Gasteiger partial charge in [-0.1, -0.05) is 17.7 Å². The van der Waals surface area contributed by atoms with Crippen LogP contribution >= 0.6 is 22.9 Å². The molecule has 0 spiro atoms. The first-order valence-corrected chi connectivity index (χ1v) is 8.28. The van der Waals surface area contributed by atoms with E-state index in [4.69, 9.17) is 16.7 Å². The Morgan fingerprint density at radius 2 is 2.22 bits per heavy atom. The van der Waals surface area contributed by atoms with Gasteiger partial charge in [0.15, 0.2) is 0 Å². The number of halogens is 1. The number of aromatic nitrogens is 2. The lowest BCUT2D eigenvalue weighted by Gasteiger charge is -2.07. The molecule has 0 unspecified atom stereocenters. The van der Waals surface area contributed by atoms with Crippen LogP contribution in [0.15, 0.2) is 36.4 Å². The molecule has 0 aliphatic carbocycles. The van der Waals surface area contributed by atoms with Crippen molar-refractivity contribution >= 4 is 34.7 Å². The molecule has 0 amide bonds. The molecule has 0 bridgehead atoms. The van der Waals surface area contributed by atoms with Crippen LogP contribution in [0.1, 0.15) is 15.9 Å². The number of carboxylic acid groups (broad SMARTS) is 1. The molecule has 3 heterocycles. The van der Waals surface area contributed by atoms with E-state index in [1.54, 1.807) is 22.9 Å². The molecule has 23 heavy (non-hydrogen) atoms. The number of hydrogen-bond acceptors (Lipinski definition) is 4. The average Bonchev–Trinajstić information content (AvgIpc) is 3.23. The van der Waals surface area contributed by atoms with E-state index in [-0.39, 0.29) is 5.56 Å². The van der Waals surface area contributed by atoms with Crippen molar-refractivity contribution in [3.8, 4) is 16.3 Å². The van der Waals surface area contributed by atoms with Crippen LogP contribution in [-0.2, 0) is 6.42 Å². The van der Waals surface area contributed by atoms with Crippen LogP contribution in [0.3, 0.4) is 0 Å². The molecule has 1 aromatic carbocycles. The zero-order valence-electron chi connectivity index (χ0n) is 11.9. The summed E-state index contributed by atoms with van der Waals surface area (Å²) in [6.45, 7) is 0.845. The van der Waals surface area contributed by atoms with Crippen molar-refractivity contribution in [1.29, 1.82) is 0 Å². The number of hydrogen-bond donors (Lipinski definition) is 2. The van der Waals surface area contributed by atoms with Gasteiger partial charge in [-0.2, -0.15) is 5.10 Å². The highest BCUT2D eigenvalue weighted by atomic mass is 35.5. The first-order chi connectivity index (χ1) is 11.1. The average molecular weight is 346 g/mol. The second-order valence-electron chi connectivity index (χ2n) is 5.22. The van der Waals surface area contributed by atoms with Gasteiger partial charge in [-0.25, -0.2) is 9.48 Å². The first kappa shape index (κ1) is 14.3. The third-order valence-electron chi connectivity index (χ3n) is 3.80. The van der Waals surface area contributed by atoms with Gasteiger partial charge in [0.25, 0.3) is 0 Å². The fourth-order valence-electron chi connectivity index (χ4n) is 2.77. The molecule has 1 aliphatic heterocycles. The van der Waals surface area contributed by atoms with Gasteiger partial charge in [-0.15, -0.1) is 11.3 Å². The molecule has 1 aliphatic rings. The Labute approximate surface area is 141 Å². The third kappa shape index (κ3) is 2.40. The maximum atomic E-state index is 11.2. The Morgan fingerprint density at radius 3 is 2.96 bits per heavy atom. The van der Waals surface area contributed by atoms with Gasteiger partial charge in [0.2, 0.25) is 0 Å². The molecule has 0 fully saturated rings. The van der Waals surface area contributed by atoms with E-state index in [2.05, 4.69) is 5.32 Å². The Balaban J connectivity index is 1.87. The highest BCUT2D eigenvalue weighted by molar-refractivity contribution is 7.19. The largest absolute Gasteiger partial charge is 0.478 e. The minimum Gasteiger partial charge on any atom is -0.478 e. The molecule has 2 N–H and O–H groups in total. The Kier molecular flexibility index (Phi) is 3.36. The summed E-state index contributed by atoms with van der Waals surface area (Å²) in [4.78, 5) is 12.2. The van der Waals surface area contributed by atoms with Crippen LogP contribution in [0.4, 0.5) is 5.82 Å². The highest BCUT2D eigenvalue weighted by Gasteiger charge is 2.25. The number of anilines is 1. The maximum absolute atomic E-state index is 11.2. The van der Waals surface area contributed by atoms with Gasteiger partial charge in [0.05, 0.1) is 20.5 Å². The topological polar surface area (TPSA) is 67.1 Å². The number of carbonyl (C=O) groups is 1. The van der Waals surface area contributed by atoms with E-state index in [0.29, 0.717) is 0 Å². The zero-order valence-corrected chi connectivity index (χ0v) is 13.5. The summed E-state index contributed by atoms with van der Waals surface area (Å²) in [5, 5.41) is 17.2. The molecular formula is C16H12ClN3O2S. The predicted octanol–water partition coefficient (Wildman–Crippen LogP) is 3.92. The summed E-state index contributed by atoms with van der Waals surface area (Å²) < 4.78 is 2.50. The van der Waals surface area contributed by atoms with Crippen molar-refractivity contribution < 1.29 is 9.90 Å². The summed E-state index contributed by atoms with van der Waals surface area (Å²) in [5.74, 6) is -0.0269. The van der Waals surface area contributed by atoms with Gasteiger partial charge in [-0.05, 0) is 36.8 Å². The molecular weight excluding hydrogens is 334 g/mol. The van der Waals surface area contributed by atoms with E-state index < -0.39 is 5.97 Å². The van der Waals surface area contributed by atoms with Gasteiger partial charge in [0, 0.05) is 12.1 Å². The molecule has 0 saturated carbocycles. The number of fused-ring (bicyclic) bond motifs is 1. The number of aromatic carboxylic acids is 1. The smallest absolute Gasteiger partial charge is 0.335 e. The van der Waals surface area contributed by atoms with E-state index in [1.807, 2.05) is 18.2 Å². The monoisotopic (exact) mass is 345 g/mol. The van der Waals surface area contributed by atoms with Crippen LogP contribution in [0.25, 0.3) is 16.3 Å². The van der Waals surface area contributed by atoms with Gasteiger partial charge in [0.1, 0.15) is 11.5 Å². The number of nitrogens with one attached hydrogen (secondary N) is 1. The molecule has 3 aromatic rings. The fraction of sp³-hybridized carbons (Fsp3) is 0.125. The Hall–Kier alpha value is -2.31. The number of carboxylic acids is 1. The molecule has 0 saturated heterocycles. The summed E-state index contributed by atoms with van der Waals surface area (Å²) in [6, 6.07) is 10.6. The molecule has 0 atom stereocenters. The molecule has 116 valence electrons. The van der Waals surface area contributed by atoms with Crippen molar-refractivity contribution in [3.05, 3.63) is 51.9 Å². The normalized spacial score (nSPS) is 12.9. The van der Waals surface area contributed by atoms with Gasteiger partial charge in [-0.3, -0.25) is 0 Å². The van der Waals surface area contributed by atoms with Crippen LogP contribution in [0, 0.1) is 0 Å². The van der Waals surface area contributed by atoms with E-state index in [9.17, 15) is 9.90 Å². The Morgan fingerprint density at radius 1 is 1.35 bits per heavy atom. The second-order valence-corrected chi connectivity index (χ2v) is 6.94. The number of benzene rings is 1. The van der Waals surface area contributed by atoms with Crippen molar-refractivity contribution in [2.24, 2.45) is 0 Å². The summed E-state index contributed by atoms with van der Waals surface area (Å²) in [6.07, 6.45) is 0.888. The van der Waals surface area contributed by atoms with Crippen molar-refractivity contribution in [1.82, 2.24) is 9.78 Å². The van der Waals surface area contributed by atoms with Crippen molar-refractivity contribution in [2.45, 2.75) is 6.42 Å². The quantitative estimate of drug-likeness (QED) is 0.755. The van der Waals surface area contributed by atoms with Crippen LogP contribution in [0.5, 0.6) is 0 Å². The molecule has 4 rings (SSSR count). The van der Waals surface area contributed by atoms with Crippen LogP contribution in [0.2, 0.25) is 4.34 Å². The summed E-state index contributed by atoms with van der Waals surface area (Å²) in [7, 11) is 0. The van der Waals surface area contributed by atoms with Gasteiger partial charge < -0.3 is 10.4 Å². The molecule has 0 radical (unpaired) electrons. The summed E-state index contributed by atoms with van der Waals surface area (Å²) in [5.41, 5.74) is 3.02. The molecule has 2 aromatic heterocycles. The maximum Gasteiger partial charge on any atom is 0.335 e. The lowest BCUT2D eigenvalue weighted by molar-refractivity contribution is 0.0697. The SMILES string of the molecule is O=C(O)c1cccc(-n2nc(-c3ccc(Cl)s3)c3c2NCC3)c1. The predicted molar refractivity (Wildman–Crippen MR) is 91.0 cm³/mol. The van der Waals surface area contributed by atoms with Crippen LogP contribution < -0.4 is 5.32 Å². The first-order valence-electron chi connectivity index (χ1n) is 7.08.